The Kier molecular flexibility index (Phi) is 4.96. The van der Waals surface area contributed by atoms with Gasteiger partial charge in [0.05, 0.1) is 27.0 Å². The Morgan fingerprint density at radius 3 is 2.46 bits per heavy atom. The minimum Gasteiger partial charge on any atom is -0.497 e. The first-order chi connectivity index (χ1) is 13.7. The molecule has 1 aromatic heterocycles. The molecule has 3 aromatic rings. The first kappa shape index (κ1) is 18.4. The zero-order chi connectivity index (χ0) is 19.7. The molecule has 28 heavy (non-hydrogen) atoms. The Balaban J connectivity index is 1.81. The van der Waals surface area contributed by atoms with Crippen LogP contribution in [0.25, 0.3) is 11.1 Å². The summed E-state index contributed by atoms with van der Waals surface area (Å²) in [6.07, 6.45) is 0.374. The largest absolute Gasteiger partial charge is 0.497 e. The number of ether oxygens (including phenoxy) is 3. The number of thiophene rings is 1. The summed E-state index contributed by atoms with van der Waals surface area (Å²) < 4.78 is 16.3. The van der Waals surface area contributed by atoms with E-state index in [1.165, 1.54) is 0 Å². The lowest BCUT2D eigenvalue weighted by Crippen LogP contribution is -2.22. The molecular weight excluding hydrogens is 374 g/mol. The molecule has 144 valence electrons. The lowest BCUT2D eigenvalue weighted by Gasteiger charge is -2.25. The Morgan fingerprint density at radius 1 is 1.00 bits per heavy atom. The molecule has 6 heteroatoms. The maximum absolute atomic E-state index is 12.5. The summed E-state index contributed by atoms with van der Waals surface area (Å²) in [5, 5.41) is 5.16. The molecule has 5 nitrogen and oxygen atoms in total. The van der Waals surface area contributed by atoms with Gasteiger partial charge in [-0.05, 0) is 23.8 Å². The van der Waals surface area contributed by atoms with Crippen molar-refractivity contribution >= 4 is 22.9 Å². The molecule has 1 aliphatic heterocycles. The molecule has 1 aliphatic rings. The average Bonchev–Trinajstić information content (AvgIpc) is 3.16. The van der Waals surface area contributed by atoms with E-state index in [1.54, 1.807) is 32.7 Å². The van der Waals surface area contributed by atoms with Crippen molar-refractivity contribution in [3.8, 4) is 28.4 Å². The highest BCUT2D eigenvalue weighted by Gasteiger charge is 2.32. The second-order valence-electron chi connectivity index (χ2n) is 6.50. The summed E-state index contributed by atoms with van der Waals surface area (Å²) in [7, 11) is 4.89. The standard InChI is InChI=1S/C22H21NO4S/c1-25-14-9-7-13(8-10-14)17-12-28-22-16(11-19(24)23-20(17)22)15-5-4-6-18(26-2)21(15)27-3/h4-10,12,16H,11H2,1-3H3,(H,23,24)/t16-/m1/s1. The fourth-order valence-electron chi connectivity index (χ4n) is 3.65. The van der Waals surface area contributed by atoms with Crippen molar-refractivity contribution in [2.75, 3.05) is 26.6 Å². The lowest BCUT2D eigenvalue weighted by molar-refractivity contribution is -0.116. The summed E-state index contributed by atoms with van der Waals surface area (Å²) in [6.45, 7) is 0. The summed E-state index contributed by atoms with van der Waals surface area (Å²) in [4.78, 5) is 13.7. The van der Waals surface area contributed by atoms with Crippen LogP contribution >= 0.6 is 11.3 Å². The van der Waals surface area contributed by atoms with E-state index in [-0.39, 0.29) is 11.8 Å². The molecule has 0 spiro atoms. The van der Waals surface area contributed by atoms with Gasteiger partial charge < -0.3 is 19.5 Å². The summed E-state index contributed by atoms with van der Waals surface area (Å²) >= 11 is 1.65. The fourth-order valence-corrected chi connectivity index (χ4v) is 4.80. The number of methoxy groups -OCH3 is 3. The minimum atomic E-state index is -0.0780. The third kappa shape index (κ3) is 3.10. The molecule has 1 atom stereocenters. The number of fused-ring (bicyclic) bond motifs is 1. The fraction of sp³-hybridized carbons (Fsp3) is 0.227. The summed E-state index contributed by atoms with van der Waals surface area (Å²) in [5.41, 5.74) is 3.89. The van der Waals surface area contributed by atoms with Crippen molar-refractivity contribution in [3.63, 3.8) is 0 Å². The van der Waals surface area contributed by atoms with Crippen LogP contribution in [0.4, 0.5) is 5.69 Å². The van der Waals surface area contributed by atoms with Crippen LogP contribution in [0.15, 0.2) is 47.8 Å². The number of amides is 1. The van der Waals surface area contributed by atoms with E-state index in [2.05, 4.69) is 10.7 Å². The van der Waals surface area contributed by atoms with Gasteiger partial charge in [0.2, 0.25) is 5.91 Å². The molecule has 0 saturated heterocycles. The first-order valence-corrected chi connectivity index (χ1v) is 9.80. The molecule has 2 aromatic carbocycles. The van der Waals surface area contributed by atoms with Gasteiger partial charge in [-0.15, -0.1) is 11.3 Å². The molecule has 2 heterocycles. The van der Waals surface area contributed by atoms with Crippen LogP contribution in [0.3, 0.4) is 0 Å². The molecule has 1 amide bonds. The normalized spacial score (nSPS) is 15.5. The molecule has 0 fully saturated rings. The van der Waals surface area contributed by atoms with Crippen LogP contribution in [0.5, 0.6) is 17.2 Å². The molecule has 0 saturated carbocycles. The van der Waals surface area contributed by atoms with Gasteiger partial charge in [-0.25, -0.2) is 0 Å². The summed E-state index contributed by atoms with van der Waals surface area (Å²) in [6, 6.07) is 13.6. The summed E-state index contributed by atoms with van der Waals surface area (Å²) in [5.74, 6) is 2.06. The molecule has 0 aliphatic carbocycles. The zero-order valence-corrected chi connectivity index (χ0v) is 16.8. The van der Waals surface area contributed by atoms with Gasteiger partial charge in [0.1, 0.15) is 5.75 Å². The Bertz CT molecular complexity index is 1010. The number of carbonyl (C=O) groups is 1. The molecular formula is C22H21NO4S. The number of hydrogen-bond donors (Lipinski definition) is 1. The average molecular weight is 395 g/mol. The van der Waals surface area contributed by atoms with Gasteiger partial charge in [-0.1, -0.05) is 24.3 Å². The SMILES string of the molecule is COc1ccc(-c2csc3c2NC(=O)C[C@@H]3c2cccc(OC)c2OC)cc1. The predicted octanol–water partition coefficient (Wildman–Crippen LogP) is 4.92. The lowest BCUT2D eigenvalue weighted by atomic mass is 9.88. The molecule has 0 unspecified atom stereocenters. The molecule has 4 rings (SSSR count). The monoisotopic (exact) mass is 395 g/mol. The van der Waals surface area contributed by atoms with Gasteiger partial charge >= 0.3 is 0 Å². The van der Waals surface area contributed by atoms with Gasteiger partial charge in [0.25, 0.3) is 0 Å². The smallest absolute Gasteiger partial charge is 0.225 e. The van der Waals surface area contributed by atoms with Crippen LogP contribution in [0.2, 0.25) is 0 Å². The van der Waals surface area contributed by atoms with E-state index >= 15 is 0 Å². The number of nitrogens with one attached hydrogen (secondary N) is 1. The van der Waals surface area contributed by atoms with Crippen LogP contribution in [-0.4, -0.2) is 27.2 Å². The topological polar surface area (TPSA) is 56.8 Å². The van der Waals surface area contributed by atoms with Crippen molar-refractivity contribution in [1.82, 2.24) is 0 Å². The predicted molar refractivity (Wildman–Crippen MR) is 111 cm³/mol. The highest BCUT2D eigenvalue weighted by molar-refractivity contribution is 7.11. The number of benzene rings is 2. The van der Waals surface area contributed by atoms with Crippen molar-refractivity contribution in [1.29, 1.82) is 0 Å². The molecule has 0 radical (unpaired) electrons. The van der Waals surface area contributed by atoms with E-state index < -0.39 is 0 Å². The highest BCUT2D eigenvalue weighted by atomic mass is 32.1. The van der Waals surface area contributed by atoms with E-state index in [4.69, 9.17) is 14.2 Å². The number of anilines is 1. The highest BCUT2D eigenvalue weighted by Crippen LogP contribution is 2.49. The van der Waals surface area contributed by atoms with E-state index in [1.807, 2.05) is 42.5 Å². The van der Waals surface area contributed by atoms with Crippen molar-refractivity contribution in [2.24, 2.45) is 0 Å². The third-order valence-electron chi connectivity index (χ3n) is 5.00. The Hall–Kier alpha value is -2.99. The minimum absolute atomic E-state index is 0.00413. The molecule has 0 bridgehead atoms. The van der Waals surface area contributed by atoms with Crippen LogP contribution < -0.4 is 19.5 Å². The maximum atomic E-state index is 12.5. The van der Waals surface area contributed by atoms with E-state index in [9.17, 15) is 4.79 Å². The van der Waals surface area contributed by atoms with Gasteiger partial charge in [0, 0.05) is 33.7 Å². The van der Waals surface area contributed by atoms with Gasteiger partial charge in [-0.2, -0.15) is 0 Å². The number of rotatable bonds is 5. The van der Waals surface area contributed by atoms with Gasteiger partial charge in [-0.3, -0.25) is 4.79 Å². The molecule has 1 N–H and O–H groups in total. The Morgan fingerprint density at radius 2 is 1.79 bits per heavy atom. The van der Waals surface area contributed by atoms with Crippen LogP contribution in [0, 0.1) is 0 Å². The number of carbonyl (C=O) groups excluding carboxylic acids is 1. The number of para-hydroxylation sites is 1. The maximum Gasteiger partial charge on any atom is 0.225 e. The van der Waals surface area contributed by atoms with E-state index in [0.29, 0.717) is 17.9 Å². The van der Waals surface area contributed by atoms with Crippen molar-refractivity contribution in [2.45, 2.75) is 12.3 Å². The second-order valence-corrected chi connectivity index (χ2v) is 7.42. The second kappa shape index (κ2) is 7.56. The Labute approximate surface area is 167 Å². The number of hydrogen-bond acceptors (Lipinski definition) is 5. The third-order valence-corrected chi connectivity index (χ3v) is 6.10. The quantitative estimate of drug-likeness (QED) is 0.667. The van der Waals surface area contributed by atoms with Crippen molar-refractivity contribution in [3.05, 3.63) is 58.3 Å². The van der Waals surface area contributed by atoms with Crippen LogP contribution in [-0.2, 0) is 4.79 Å². The van der Waals surface area contributed by atoms with Crippen LogP contribution in [0.1, 0.15) is 22.8 Å². The van der Waals surface area contributed by atoms with E-state index in [0.717, 1.165) is 33.0 Å². The zero-order valence-electron chi connectivity index (χ0n) is 15.9. The van der Waals surface area contributed by atoms with Crippen molar-refractivity contribution < 1.29 is 19.0 Å². The van der Waals surface area contributed by atoms with Gasteiger partial charge in [0.15, 0.2) is 11.5 Å². The first-order valence-electron chi connectivity index (χ1n) is 8.92.